The summed E-state index contributed by atoms with van der Waals surface area (Å²) in [7, 11) is 0. The molecule has 22 heavy (non-hydrogen) atoms. The molecule has 0 N–H and O–H groups in total. The number of alkyl halides is 3. The molecule has 1 nitrogen and oxygen atoms in total. The van der Waals surface area contributed by atoms with E-state index >= 15 is 0 Å². The Morgan fingerprint density at radius 1 is 1.00 bits per heavy atom. The van der Waals surface area contributed by atoms with E-state index in [9.17, 15) is 13.2 Å². The highest BCUT2D eigenvalue weighted by Crippen LogP contribution is 2.33. The molecule has 1 heterocycles. The van der Waals surface area contributed by atoms with Crippen LogP contribution in [0, 0.1) is 6.92 Å². The second kappa shape index (κ2) is 5.39. The van der Waals surface area contributed by atoms with E-state index in [1.54, 1.807) is 6.07 Å². The van der Waals surface area contributed by atoms with Crippen molar-refractivity contribution >= 4 is 26.8 Å². The third kappa shape index (κ3) is 2.86. The number of halogens is 4. The van der Waals surface area contributed by atoms with Gasteiger partial charge >= 0.3 is 6.18 Å². The van der Waals surface area contributed by atoms with Crippen molar-refractivity contribution in [2.75, 3.05) is 0 Å². The van der Waals surface area contributed by atoms with Crippen molar-refractivity contribution in [2.45, 2.75) is 13.1 Å². The zero-order valence-electron chi connectivity index (χ0n) is 11.6. The van der Waals surface area contributed by atoms with Gasteiger partial charge in [0.05, 0.1) is 16.8 Å². The van der Waals surface area contributed by atoms with Crippen LogP contribution in [0.3, 0.4) is 0 Å². The SMILES string of the molecule is Cc1cc2cc(Br)ccc2nc1-c1cccc(C(F)(F)F)c1. The molecular formula is C17H11BrF3N. The van der Waals surface area contributed by atoms with Crippen LogP contribution in [0.5, 0.6) is 0 Å². The molecule has 0 amide bonds. The summed E-state index contributed by atoms with van der Waals surface area (Å²) >= 11 is 3.40. The molecule has 3 aromatic rings. The van der Waals surface area contributed by atoms with Crippen molar-refractivity contribution in [3.8, 4) is 11.3 Å². The Morgan fingerprint density at radius 3 is 2.50 bits per heavy atom. The van der Waals surface area contributed by atoms with Crippen molar-refractivity contribution in [1.82, 2.24) is 4.98 Å². The Balaban J connectivity index is 2.18. The number of rotatable bonds is 1. The van der Waals surface area contributed by atoms with Gasteiger partial charge in [-0.1, -0.05) is 28.1 Å². The molecule has 112 valence electrons. The van der Waals surface area contributed by atoms with Crippen LogP contribution in [0.15, 0.2) is 53.0 Å². The summed E-state index contributed by atoms with van der Waals surface area (Å²) in [5.41, 5.74) is 1.96. The standard InChI is InChI=1S/C17H11BrF3N/c1-10-7-12-9-14(18)5-6-15(12)22-16(10)11-3-2-4-13(8-11)17(19,20)21/h2-9H,1H3. The number of nitrogens with zero attached hydrogens (tertiary/aromatic N) is 1. The highest BCUT2D eigenvalue weighted by molar-refractivity contribution is 9.10. The topological polar surface area (TPSA) is 12.9 Å². The summed E-state index contributed by atoms with van der Waals surface area (Å²) in [6.45, 7) is 1.85. The average molecular weight is 366 g/mol. The van der Waals surface area contributed by atoms with Crippen LogP contribution in [0.25, 0.3) is 22.2 Å². The van der Waals surface area contributed by atoms with Gasteiger partial charge in [-0.05, 0) is 48.9 Å². The van der Waals surface area contributed by atoms with E-state index in [0.717, 1.165) is 33.1 Å². The molecule has 0 saturated carbocycles. The molecule has 0 aliphatic rings. The van der Waals surface area contributed by atoms with Crippen LogP contribution in [0.2, 0.25) is 0 Å². The van der Waals surface area contributed by atoms with E-state index < -0.39 is 11.7 Å². The third-order valence-corrected chi connectivity index (χ3v) is 3.92. The van der Waals surface area contributed by atoms with Crippen molar-refractivity contribution in [3.05, 3.63) is 64.1 Å². The minimum Gasteiger partial charge on any atom is -0.248 e. The summed E-state index contributed by atoms with van der Waals surface area (Å²) in [6, 6.07) is 12.8. The van der Waals surface area contributed by atoms with Crippen molar-refractivity contribution in [1.29, 1.82) is 0 Å². The summed E-state index contributed by atoms with van der Waals surface area (Å²) in [4.78, 5) is 4.52. The fourth-order valence-corrected chi connectivity index (χ4v) is 2.77. The molecule has 1 aromatic heterocycles. The van der Waals surface area contributed by atoms with Crippen LogP contribution in [0.1, 0.15) is 11.1 Å². The molecule has 0 aliphatic heterocycles. The quantitative estimate of drug-likeness (QED) is 0.515. The maximum atomic E-state index is 12.9. The zero-order valence-corrected chi connectivity index (χ0v) is 13.2. The Kier molecular flexibility index (Phi) is 3.68. The Morgan fingerprint density at radius 2 is 1.77 bits per heavy atom. The van der Waals surface area contributed by atoms with E-state index in [4.69, 9.17) is 0 Å². The van der Waals surface area contributed by atoms with Crippen LogP contribution in [-0.2, 0) is 6.18 Å². The largest absolute Gasteiger partial charge is 0.416 e. The first-order chi connectivity index (χ1) is 10.3. The smallest absolute Gasteiger partial charge is 0.248 e. The van der Waals surface area contributed by atoms with Gasteiger partial charge in [-0.25, -0.2) is 4.98 Å². The summed E-state index contributed by atoms with van der Waals surface area (Å²) in [5.74, 6) is 0. The van der Waals surface area contributed by atoms with Crippen molar-refractivity contribution in [3.63, 3.8) is 0 Å². The third-order valence-electron chi connectivity index (χ3n) is 3.43. The summed E-state index contributed by atoms with van der Waals surface area (Å²) < 4.78 is 39.5. The van der Waals surface area contributed by atoms with E-state index in [-0.39, 0.29) is 0 Å². The summed E-state index contributed by atoms with van der Waals surface area (Å²) in [6.07, 6.45) is -4.36. The van der Waals surface area contributed by atoms with Gasteiger partial charge in [-0.15, -0.1) is 0 Å². The Labute approximate surface area is 133 Å². The molecule has 0 atom stereocenters. The minimum absolute atomic E-state index is 0.470. The predicted octanol–water partition coefficient (Wildman–Crippen LogP) is 5.99. The van der Waals surface area contributed by atoms with E-state index in [2.05, 4.69) is 20.9 Å². The lowest BCUT2D eigenvalue weighted by atomic mass is 10.0. The lowest BCUT2D eigenvalue weighted by Crippen LogP contribution is -2.04. The van der Waals surface area contributed by atoms with Gasteiger partial charge < -0.3 is 0 Å². The molecule has 0 spiro atoms. The molecule has 5 heteroatoms. The van der Waals surface area contributed by atoms with Crippen LogP contribution >= 0.6 is 15.9 Å². The second-order valence-electron chi connectivity index (χ2n) is 5.07. The molecule has 0 fully saturated rings. The van der Waals surface area contributed by atoms with E-state index in [1.807, 2.05) is 31.2 Å². The number of pyridine rings is 1. The maximum Gasteiger partial charge on any atom is 0.416 e. The molecule has 0 saturated heterocycles. The highest BCUT2D eigenvalue weighted by Gasteiger charge is 2.30. The van der Waals surface area contributed by atoms with Gasteiger partial charge in [-0.2, -0.15) is 13.2 Å². The van der Waals surface area contributed by atoms with Gasteiger partial charge in [0.1, 0.15) is 0 Å². The molecule has 0 bridgehead atoms. The first-order valence-corrected chi connectivity index (χ1v) is 7.38. The lowest BCUT2D eigenvalue weighted by Gasteiger charge is -2.11. The van der Waals surface area contributed by atoms with E-state index in [0.29, 0.717) is 11.3 Å². The molecular weight excluding hydrogens is 355 g/mol. The van der Waals surface area contributed by atoms with Gasteiger partial charge in [0.15, 0.2) is 0 Å². The number of hydrogen-bond acceptors (Lipinski definition) is 1. The molecule has 2 aromatic carbocycles. The second-order valence-corrected chi connectivity index (χ2v) is 5.99. The van der Waals surface area contributed by atoms with Crippen LogP contribution < -0.4 is 0 Å². The van der Waals surface area contributed by atoms with Crippen molar-refractivity contribution in [2.24, 2.45) is 0 Å². The average Bonchev–Trinajstić information content (AvgIpc) is 2.45. The minimum atomic E-state index is -4.36. The number of hydrogen-bond donors (Lipinski definition) is 0. The monoisotopic (exact) mass is 365 g/mol. The normalized spacial score (nSPS) is 11.9. The first-order valence-electron chi connectivity index (χ1n) is 6.59. The zero-order chi connectivity index (χ0) is 15.9. The van der Waals surface area contributed by atoms with Gasteiger partial charge in [-0.3, -0.25) is 0 Å². The highest BCUT2D eigenvalue weighted by atomic mass is 79.9. The fraction of sp³-hybridized carbons (Fsp3) is 0.118. The molecule has 0 radical (unpaired) electrons. The van der Waals surface area contributed by atoms with Crippen LogP contribution in [0.4, 0.5) is 13.2 Å². The van der Waals surface area contributed by atoms with Crippen LogP contribution in [-0.4, -0.2) is 4.98 Å². The van der Waals surface area contributed by atoms with Gasteiger partial charge in [0.2, 0.25) is 0 Å². The molecule has 0 aliphatic carbocycles. The number of benzene rings is 2. The van der Waals surface area contributed by atoms with Gasteiger partial charge in [0, 0.05) is 15.4 Å². The van der Waals surface area contributed by atoms with Crippen molar-refractivity contribution < 1.29 is 13.2 Å². The first kappa shape index (κ1) is 15.0. The molecule has 0 unspecified atom stereocenters. The van der Waals surface area contributed by atoms with E-state index in [1.165, 1.54) is 6.07 Å². The Bertz CT molecular complexity index is 856. The van der Waals surface area contributed by atoms with Gasteiger partial charge in [0.25, 0.3) is 0 Å². The fourth-order valence-electron chi connectivity index (χ4n) is 2.39. The maximum absolute atomic E-state index is 12.9. The summed E-state index contributed by atoms with van der Waals surface area (Å²) in [5, 5.41) is 0.947. The lowest BCUT2D eigenvalue weighted by molar-refractivity contribution is -0.137. The molecule has 3 rings (SSSR count). The Hall–Kier alpha value is -1.88. The predicted molar refractivity (Wildman–Crippen MR) is 84.6 cm³/mol. The number of aromatic nitrogens is 1. The number of aryl methyl sites for hydroxylation is 1. The number of fused-ring (bicyclic) bond motifs is 1.